The third-order valence-corrected chi connectivity index (χ3v) is 4.93. The molecule has 1 rings (SSSR count). The summed E-state index contributed by atoms with van der Waals surface area (Å²) in [6.07, 6.45) is 0.774. The Morgan fingerprint density at radius 1 is 1.30 bits per heavy atom. The van der Waals surface area contributed by atoms with Gasteiger partial charge >= 0.3 is 0 Å². The van der Waals surface area contributed by atoms with Crippen LogP contribution in [0.2, 0.25) is 0 Å². The minimum Gasteiger partial charge on any atom is -0.495 e. The zero-order valence-corrected chi connectivity index (χ0v) is 13.5. The fraction of sp³-hybridized carbons (Fsp3) is 0.571. The number of ether oxygens (including phenoxy) is 1. The smallest absolute Gasteiger partial charge is 0.246 e. The predicted molar refractivity (Wildman–Crippen MR) is 80.5 cm³/mol. The van der Waals surface area contributed by atoms with Gasteiger partial charge in [0.2, 0.25) is 10.0 Å². The highest BCUT2D eigenvalue weighted by atomic mass is 32.2. The van der Waals surface area contributed by atoms with Crippen molar-refractivity contribution in [3.63, 3.8) is 0 Å². The summed E-state index contributed by atoms with van der Waals surface area (Å²) in [5.41, 5.74) is 1.00. The minimum atomic E-state index is -3.49. The average Bonchev–Trinajstić information content (AvgIpc) is 2.44. The van der Waals surface area contributed by atoms with Gasteiger partial charge in [-0.3, -0.25) is 0 Å². The van der Waals surface area contributed by atoms with E-state index in [-0.39, 0.29) is 4.90 Å². The highest BCUT2D eigenvalue weighted by molar-refractivity contribution is 7.89. The van der Waals surface area contributed by atoms with Gasteiger partial charge < -0.3 is 10.1 Å². The number of benzene rings is 1. The number of nitrogens with zero attached hydrogens (tertiary/aromatic N) is 1. The molecule has 1 aromatic carbocycles. The molecule has 0 aromatic heterocycles. The lowest BCUT2D eigenvalue weighted by atomic mass is 10.2. The van der Waals surface area contributed by atoms with Crippen LogP contribution in [0, 0.1) is 0 Å². The van der Waals surface area contributed by atoms with E-state index in [1.165, 1.54) is 11.4 Å². The van der Waals surface area contributed by atoms with Gasteiger partial charge in [-0.1, -0.05) is 19.9 Å². The van der Waals surface area contributed by atoms with Crippen molar-refractivity contribution in [2.75, 3.05) is 27.2 Å². The fourth-order valence-electron chi connectivity index (χ4n) is 1.91. The van der Waals surface area contributed by atoms with E-state index in [1.807, 2.05) is 19.9 Å². The second-order valence-electron chi connectivity index (χ2n) is 4.59. The molecule has 0 atom stereocenters. The van der Waals surface area contributed by atoms with E-state index in [9.17, 15) is 8.42 Å². The Kier molecular flexibility index (Phi) is 6.45. The van der Waals surface area contributed by atoms with Crippen molar-refractivity contribution >= 4 is 10.0 Å². The van der Waals surface area contributed by atoms with Crippen LogP contribution < -0.4 is 10.1 Å². The van der Waals surface area contributed by atoms with Crippen molar-refractivity contribution in [3.8, 4) is 5.75 Å². The van der Waals surface area contributed by atoms with Crippen LogP contribution in [0.3, 0.4) is 0 Å². The first-order chi connectivity index (χ1) is 9.47. The first kappa shape index (κ1) is 16.9. The monoisotopic (exact) mass is 300 g/mol. The van der Waals surface area contributed by atoms with Crippen molar-refractivity contribution in [3.05, 3.63) is 23.8 Å². The van der Waals surface area contributed by atoms with Gasteiger partial charge in [0.1, 0.15) is 10.6 Å². The molecular weight excluding hydrogens is 276 g/mol. The summed E-state index contributed by atoms with van der Waals surface area (Å²) in [5.74, 6) is 0.392. The summed E-state index contributed by atoms with van der Waals surface area (Å²) in [5, 5.41) is 3.20. The number of nitrogens with one attached hydrogen (secondary N) is 1. The average molecular weight is 300 g/mol. The van der Waals surface area contributed by atoms with Crippen molar-refractivity contribution in [2.45, 2.75) is 31.7 Å². The van der Waals surface area contributed by atoms with E-state index in [4.69, 9.17) is 4.74 Å². The minimum absolute atomic E-state index is 0.219. The third-order valence-electron chi connectivity index (χ3n) is 3.03. The lowest BCUT2D eigenvalue weighted by molar-refractivity contribution is 0.397. The van der Waals surface area contributed by atoms with Gasteiger partial charge in [-0.25, -0.2) is 12.7 Å². The van der Waals surface area contributed by atoms with Gasteiger partial charge in [-0.05, 0) is 30.7 Å². The molecule has 20 heavy (non-hydrogen) atoms. The van der Waals surface area contributed by atoms with Gasteiger partial charge in [0, 0.05) is 20.1 Å². The van der Waals surface area contributed by atoms with Crippen LogP contribution in [-0.4, -0.2) is 40.0 Å². The quantitative estimate of drug-likeness (QED) is 0.796. The van der Waals surface area contributed by atoms with Gasteiger partial charge in [-0.2, -0.15) is 0 Å². The van der Waals surface area contributed by atoms with Gasteiger partial charge in [0.15, 0.2) is 0 Å². The maximum absolute atomic E-state index is 12.5. The third kappa shape index (κ3) is 3.94. The van der Waals surface area contributed by atoms with Crippen LogP contribution in [0.5, 0.6) is 5.75 Å². The Morgan fingerprint density at radius 3 is 2.55 bits per heavy atom. The molecule has 0 fully saturated rings. The molecular formula is C14H24N2O3S. The summed E-state index contributed by atoms with van der Waals surface area (Å²) in [4.78, 5) is 0.219. The lowest BCUT2D eigenvalue weighted by Gasteiger charge is -2.18. The largest absolute Gasteiger partial charge is 0.495 e. The molecule has 1 aromatic rings. The highest BCUT2D eigenvalue weighted by Gasteiger charge is 2.24. The number of methoxy groups -OCH3 is 1. The molecule has 114 valence electrons. The topological polar surface area (TPSA) is 58.6 Å². The first-order valence-corrected chi connectivity index (χ1v) is 8.25. The van der Waals surface area contributed by atoms with Crippen molar-refractivity contribution in [2.24, 2.45) is 0 Å². The zero-order chi connectivity index (χ0) is 15.2. The van der Waals surface area contributed by atoms with E-state index >= 15 is 0 Å². The van der Waals surface area contributed by atoms with Crippen molar-refractivity contribution in [1.29, 1.82) is 0 Å². The second kappa shape index (κ2) is 7.61. The van der Waals surface area contributed by atoms with E-state index in [1.54, 1.807) is 19.2 Å². The molecule has 0 radical (unpaired) electrons. The predicted octanol–water partition coefficient (Wildman–Crippen LogP) is 1.84. The first-order valence-electron chi connectivity index (χ1n) is 6.81. The number of hydrogen-bond donors (Lipinski definition) is 1. The summed E-state index contributed by atoms with van der Waals surface area (Å²) >= 11 is 0. The van der Waals surface area contributed by atoms with Gasteiger partial charge in [-0.15, -0.1) is 0 Å². The Hall–Kier alpha value is -1.11. The Balaban J connectivity index is 3.12. The SMILES string of the molecule is CCCN(C)S(=O)(=O)c1ccc(CNCC)cc1OC. The molecule has 0 aliphatic heterocycles. The molecule has 0 unspecified atom stereocenters. The standard InChI is InChI=1S/C14H24N2O3S/c1-5-9-16(3)20(17,18)14-8-7-12(11-15-6-2)10-13(14)19-4/h7-8,10,15H,5-6,9,11H2,1-4H3. The molecule has 5 nitrogen and oxygen atoms in total. The normalized spacial score (nSPS) is 11.8. The fourth-order valence-corrected chi connectivity index (χ4v) is 3.30. The summed E-state index contributed by atoms with van der Waals surface area (Å²) in [6, 6.07) is 5.21. The van der Waals surface area contributed by atoms with Crippen LogP contribution in [0.1, 0.15) is 25.8 Å². The molecule has 0 saturated carbocycles. The Labute approximate surface area is 122 Å². The van der Waals surface area contributed by atoms with Crippen LogP contribution in [-0.2, 0) is 16.6 Å². The number of rotatable bonds is 8. The maximum atomic E-state index is 12.5. The summed E-state index contributed by atoms with van der Waals surface area (Å²) in [7, 11) is -0.414. The molecule has 0 spiro atoms. The van der Waals surface area contributed by atoms with E-state index < -0.39 is 10.0 Å². The van der Waals surface area contributed by atoms with Gasteiger partial charge in [0.25, 0.3) is 0 Å². The molecule has 0 heterocycles. The van der Waals surface area contributed by atoms with Crippen LogP contribution in [0.4, 0.5) is 0 Å². The second-order valence-corrected chi connectivity index (χ2v) is 6.61. The molecule has 0 bridgehead atoms. The van der Waals surface area contributed by atoms with Gasteiger partial charge in [0.05, 0.1) is 7.11 Å². The summed E-state index contributed by atoms with van der Waals surface area (Å²) in [6.45, 7) is 6.02. The summed E-state index contributed by atoms with van der Waals surface area (Å²) < 4.78 is 31.5. The van der Waals surface area contributed by atoms with Crippen molar-refractivity contribution in [1.82, 2.24) is 9.62 Å². The maximum Gasteiger partial charge on any atom is 0.246 e. The molecule has 0 aliphatic carbocycles. The zero-order valence-electron chi connectivity index (χ0n) is 12.6. The lowest BCUT2D eigenvalue weighted by Crippen LogP contribution is -2.28. The van der Waals surface area contributed by atoms with Crippen LogP contribution in [0.25, 0.3) is 0 Å². The van der Waals surface area contributed by atoms with Crippen LogP contribution >= 0.6 is 0 Å². The van der Waals surface area contributed by atoms with E-state index in [0.717, 1.165) is 18.5 Å². The van der Waals surface area contributed by atoms with E-state index in [2.05, 4.69) is 5.32 Å². The molecule has 0 amide bonds. The van der Waals surface area contributed by atoms with E-state index in [0.29, 0.717) is 18.8 Å². The molecule has 0 saturated heterocycles. The number of hydrogen-bond acceptors (Lipinski definition) is 4. The number of sulfonamides is 1. The molecule has 1 N–H and O–H groups in total. The van der Waals surface area contributed by atoms with Crippen molar-refractivity contribution < 1.29 is 13.2 Å². The Bertz CT molecular complexity index is 529. The Morgan fingerprint density at radius 2 is 2.00 bits per heavy atom. The molecule has 0 aliphatic rings. The highest BCUT2D eigenvalue weighted by Crippen LogP contribution is 2.27. The molecule has 6 heteroatoms. The van der Waals surface area contributed by atoms with Crippen LogP contribution in [0.15, 0.2) is 23.1 Å².